The Bertz CT molecular complexity index is 488. The van der Waals surface area contributed by atoms with Crippen molar-refractivity contribution in [3.05, 3.63) is 24.0 Å². The van der Waals surface area contributed by atoms with Gasteiger partial charge in [-0.05, 0) is 56.1 Å². The largest absolute Gasteiger partial charge is 0.399 e. The number of pyridine rings is 1. The molecule has 19 heavy (non-hydrogen) atoms. The Labute approximate surface area is 113 Å². The number of hydrogen-bond acceptors (Lipinski definition) is 3. The maximum absolute atomic E-state index is 12.1. The van der Waals surface area contributed by atoms with Gasteiger partial charge in [-0.2, -0.15) is 0 Å². The van der Waals surface area contributed by atoms with E-state index in [2.05, 4.69) is 17.2 Å². The molecule has 0 aromatic carbocycles. The van der Waals surface area contributed by atoms with Crippen molar-refractivity contribution in [2.24, 2.45) is 17.8 Å². The number of carbonyl (C=O) groups is 1. The van der Waals surface area contributed by atoms with Crippen LogP contribution in [0.3, 0.4) is 0 Å². The lowest BCUT2D eigenvalue weighted by Crippen LogP contribution is -2.40. The fourth-order valence-corrected chi connectivity index (χ4v) is 3.87. The van der Waals surface area contributed by atoms with Crippen molar-refractivity contribution in [3.63, 3.8) is 0 Å². The predicted molar refractivity (Wildman–Crippen MR) is 74.5 cm³/mol. The van der Waals surface area contributed by atoms with E-state index in [0.717, 1.165) is 11.8 Å². The van der Waals surface area contributed by atoms with Crippen LogP contribution in [0.25, 0.3) is 0 Å². The highest BCUT2D eigenvalue weighted by molar-refractivity contribution is 5.93. The Morgan fingerprint density at radius 3 is 2.95 bits per heavy atom. The highest BCUT2D eigenvalue weighted by atomic mass is 16.1. The number of fused-ring (bicyclic) bond motifs is 2. The molecule has 0 saturated heterocycles. The number of hydrogen-bond donors (Lipinski definition) is 2. The Kier molecular flexibility index (Phi) is 3.17. The molecule has 1 aromatic rings. The first-order chi connectivity index (χ1) is 9.13. The van der Waals surface area contributed by atoms with Gasteiger partial charge in [0.15, 0.2) is 0 Å². The monoisotopic (exact) mass is 259 g/mol. The number of anilines is 1. The first-order valence-corrected chi connectivity index (χ1v) is 7.16. The maximum Gasteiger partial charge on any atom is 0.270 e. The van der Waals surface area contributed by atoms with E-state index in [4.69, 9.17) is 5.73 Å². The Morgan fingerprint density at radius 2 is 2.32 bits per heavy atom. The van der Waals surface area contributed by atoms with Crippen LogP contribution in [0.15, 0.2) is 18.3 Å². The molecule has 2 bridgehead atoms. The first kappa shape index (κ1) is 12.5. The lowest BCUT2D eigenvalue weighted by atomic mass is 9.84. The molecule has 3 rings (SSSR count). The summed E-state index contributed by atoms with van der Waals surface area (Å²) in [5.74, 6) is 2.25. The predicted octanol–water partition coefficient (Wildman–Crippen LogP) is 2.22. The van der Waals surface area contributed by atoms with Crippen molar-refractivity contribution in [3.8, 4) is 0 Å². The molecule has 2 aliphatic carbocycles. The van der Waals surface area contributed by atoms with Crippen LogP contribution >= 0.6 is 0 Å². The molecule has 1 aromatic heterocycles. The number of nitrogens with zero attached hydrogens (tertiary/aromatic N) is 1. The highest BCUT2D eigenvalue weighted by Gasteiger charge is 2.42. The smallest absolute Gasteiger partial charge is 0.270 e. The van der Waals surface area contributed by atoms with E-state index in [1.807, 2.05) is 0 Å². The van der Waals surface area contributed by atoms with Gasteiger partial charge in [-0.25, -0.2) is 0 Å². The van der Waals surface area contributed by atoms with Gasteiger partial charge in [0.2, 0.25) is 0 Å². The van der Waals surface area contributed by atoms with Crippen LogP contribution in [0, 0.1) is 17.8 Å². The summed E-state index contributed by atoms with van der Waals surface area (Å²) < 4.78 is 0. The molecule has 0 radical (unpaired) electrons. The lowest BCUT2D eigenvalue weighted by Gasteiger charge is -2.28. The van der Waals surface area contributed by atoms with Gasteiger partial charge in [-0.15, -0.1) is 0 Å². The second-order valence-electron chi connectivity index (χ2n) is 6.08. The Balaban J connectivity index is 1.63. The fraction of sp³-hybridized carbons (Fsp3) is 0.600. The van der Waals surface area contributed by atoms with Crippen molar-refractivity contribution in [2.45, 2.75) is 38.6 Å². The van der Waals surface area contributed by atoms with Gasteiger partial charge in [0.25, 0.3) is 5.91 Å². The van der Waals surface area contributed by atoms with Crippen LogP contribution < -0.4 is 11.1 Å². The summed E-state index contributed by atoms with van der Waals surface area (Å²) in [7, 11) is 0. The van der Waals surface area contributed by atoms with Crippen molar-refractivity contribution in [1.29, 1.82) is 0 Å². The number of nitrogens with one attached hydrogen (secondary N) is 1. The third-order valence-corrected chi connectivity index (χ3v) is 4.81. The van der Waals surface area contributed by atoms with Gasteiger partial charge in [0.05, 0.1) is 0 Å². The van der Waals surface area contributed by atoms with E-state index in [9.17, 15) is 4.79 Å². The van der Waals surface area contributed by atoms with Crippen LogP contribution in [0.2, 0.25) is 0 Å². The van der Waals surface area contributed by atoms with Crippen molar-refractivity contribution < 1.29 is 4.79 Å². The molecular weight excluding hydrogens is 238 g/mol. The van der Waals surface area contributed by atoms with Crippen LogP contribution in [-0.2, 0) is 0 Å². The molecule has 4 heteroatoms. The summed E-state index contributed by atoms with van der Waals surface area (Å²) in [4.78, 5) is 16.2. The quantitative estimate of drug-likeness (QED) is 0.874. The van der Waals surface area contributed by atoms with Crippen LogP contribution in [0.1, 0.15) is 43.1 Å². The first-order valence-electron chi connectivity index (χ1n) is 7.16. The number of amides is 1. The molecule has 4 unspecified atom stereocenters. The third-order valence-electron chi connectivity index (χ3n) is 4.81. The standard InChI is InChI=1S/C15H21N3O/c1-9(13-7-10-2-3-11(13)6-10)18-15(19)14-8-12(16)4-5-17-14/h4-5,8-11,13H,2-3,6-7H2,1H3,(H2,16,17)(H,18,19). The lowest BCUT2D eigenvalue weighted by molar-refractivity contribution is 0.0910. The van der Waals surface area contributed by atoms with Gasteiger partial charge in [-0.3, -0.25) is 9.78 Å². The molecule has 1 heterocycles. The SMILES string of the molecule is CC(NC(=O)c1cc(N)ccn1)C1CC2CCC1C2. The topological polar surface area (TPSA) is 68.0 Å². The van der Waals surface area contributed by atoms with E-state index < -0.39 is 0 Å². The van der Waals surface area contributed by atoms with E-state index in [-0.39, 0.29) is 11.9 Å². The molecule has 0 spiro atoms. The normalized spacial score (nSPS) is 30.3. The number of aromatic nitrogens is 1. The number of nitrogen functional groups attached to an aromatic ring is 1. The highest BCUT2D eigenvalue weighted by Crippen LogP contribution is 2.49. The van der Waals surface area contributed by atoms with Gasteiger partial charge in [0.1, 0.15) is 5.69 Å². The molecule has 2 fully saturated rings. The minimum Gasteiger partial charge on any atom is -0.399 e. The summed E-state index contributed by atoms with van der Waals surface area (Å²) in [5, 5.41) is 3.09. The maximum atomic E-state index is 12.1. The minimum atomic E-state index is -0.109. The summed E-state index contributed by atoms with van der Waals surface area (Å²) in [6.45, 7) is 2.12. The van der Waals surface area contributed by atoms with Crippen LogP contribution in [0.5, 0.6) is 0 Å². The number of carbonyl (C=O) groups excluding carboxylic acids is 1. The summed E-state index contributed by atoms with van der Waals surface area (Å²) >= 11 is 0. The second kappa shape index (κ2) is 4.83. The van der Waals surface area contributed by atoms with Crippen LogP contribution in [-0.4, -0.2) is 16.9 Å². The summed E-state index contributed by atoms with van der Waals surface area (Å²) in [6, 6.07) is 3.55. The average molecular weight is 259 g/mol. The minimum absolute atomic E-state index is 0.109. The van der Waals surface area contributed by atoms with E-state index >= 15 is 0 Å². The molecule has 3 N–H and O–H groups in total. The van der Waals surface area contributed by atoms with Crippen molar-refractivity contribution >= 4 is 11.6 Å². The zero-order valence-corrected chi connectivity index (χ0v) is 11.3. The summed E-state index contributed by atoms with van der Waals surface area (Å²) in [6.07, 6.45) is 6.94. The van der Waals surface area contributed by atoms with Gasteiger partial charge >= 0.3 is 0 Å². The Hall–Kier alpha value is -1.58. The molecule has 102 valence electrons. The zero-order valence-electron chi connectivity index (χ0n) is 11.3. The second-order valence-corrected chi connectivity index (χ2v) is 6.08. The van der Waals surface area contributed by atoms with E-state index in [0.29, 0.717) is 17.3 Å². The molecule has 1 amide bonds. The number of nitrogens with two attached hydrogens (primary N) is 1. The van der Waals surface area contributed by atoms with E-state index in [1.165, 1.54) is 25.7 Å². The van der Waals surface area contributed by atoms with Crippen molar-refractivity contribution in [1.82, 2.24) is 10.3 Å². The Morgan fingerprint density at radius 1 is 1.47 bits per heavy atom. The average Bonchev–Trinajstić information content (AvgIpc) is 3.00. The van der Waals surface area contributed by atoms with Crippen molar-refractivity contribution in [2.75, 3.05) is 5.73 Å². The van der Waals surface area contributed by atoms with Crippen LogP contribution in [0.4, 0.5) is 5.69 Å². The zero-order chi connectivity index (χ0) is 13.4. The molecular formula is C15H21N3O. The molecule has 4 atom stereocenters. The third kappa shape index (κ3) is 2.44. The molecule has 4 nitrogen and oxygen atoms in total. The van der Waals surface area contributed by atoms with Gasteiger partial charge in [0, 0.05) is 17.9 Å². The number of rotatable bonds is 3. The molecule has 0 aliphatic heterocycles. The molecule has 2 saturated carbocycles. The van der Waals surface area contributed by atoms with Gasteiger partial charge in [-0.1, -0.05) is 6.42 Å². The molecule has 2 aliphatic rings. The summed E-state index contributed by atoms with van der Waals surface area (Å²) in [5.41, 5.74) is 6.67. The van der Waals surface area contributed by atoms with Gasteiger partial charge < -0.3 is 11.1 Å². The fourth-order valence-electron chi connectivity index (χ4n) is 3.87. The van der Waals surface area contributed by atoms with E-state index in [1.54, 1.807) is 18.3 Å².